The zero-order valence-corrected chi connectivity index (χ0v) is 17.5. The number of carbonyl (C=O) groups is 2. The molecule has 2 amide bonds. The molecule has 0 radical (unpaired) electrons. The second kappa shape index (κ2) is 10.1. The molecule has 1 aromatic heterocycles. The van der Waals surface area contributed by atoms with Gasteiger partial charge in [0.15, 0.2) is 6.29 Å². The van der Waals surface area contributed by atoms with Gasteiger partial charge in [0, 0.05) is 28.4 Å². The summed E-state index contributed by atoms with van der Waals surface area (Å²) in [4.78, 5) is 27.4. The third-order valence-electron chi connectivity index (χ3n) is 4.59. The van der Waals surface area contributed by atoms with Crippen molar-refractivity contribution in [3.05, 3.63) is 65.7 Å². The van der Waals surface area contributed by atoms with Gasteiger partial charge in [0.2, 0.25) is 0 Å². The summed E-state index contributed by atoms with van der Waals surface area (Å²) < 4.78 is 25.1. The minimum atomic E-state index is -1.60. The molecule has 0 bridgehead atoms. The van der Waals surface area contributed by atoms with E-state index in [4.69, 9.17) is 5.14 Å². The molecular weight excluding hydrogens is 421 g/mol. The van der Waals surface area contributed by atoms with Crippen molar-refractivity contribution in [1.82, 2.24) is 15.6 Å². The SMILES string of the molecule is CNCC/C(=C\NC(=O)Nc1ccc(S(N)=O)cc1)c1c(C=O)[nH]c2ccc(F)cc12. The lowest BCUT2D eigenvalue weighted by Gasteiger charge is -2.10. The second-order valence-corrected chi connectivity index (χ2v) is 7.73. The Bertz CT molecular complexity index is 1160. The van der Waals surface area contributed by atoms with Gasteiger partial charge in [0.1, 0.15) is 16.8 Å². The second-order valence-electron chi connectivity index (χ2n) is 6.66. The van der Waals surface area contributed by atoms with Gasteiger partial charge >= 0.3 is 6.03 Å². The predicted molar refractivity (Wildman–Crippen MR) is 119 cm³/mol. The Hall–Kier alpha value is -3.34. The number of anilines is 1. The summed E-state index contributed by atoms with van der Waals surface area (Å²) in [5.41, 5.74) is 2.60. The maximum Gasteiger partial charge on any atom is 0.323 e. The van der Waals surface area contributed by atoms with Crippen molar-refractivity contribution in [1.29, 1.82) is 0 Å². The number of rotatable bonds is 8. The Kier molecular flexibility index (Phi) is 7.29. The van der Waals surface area contributed by atoms with Gasteiger partial charge in [-0.25, -0.2) is 18.5 Å². The van der Waals surface area contributed by atoms with E-state index in [2.05, 4.69) is 20.9 Å². The molecule has 1 atom stereocenters. The van der Waals surface area contributed by atoms with E-state index in [9.17, 15) is 18.2 Å². The highest BCUT2D eigenvalue weighted by atomic mass is 32.2. The Morgan fingerprint density at radius 2 is 1.97 bits per heavy atom. The third-order valence-corrected chi connectivity index (χ3v) is 5.33. The average molecular weight is 444 g/mol. The van der Waals surface area contributed by atoms with Crippen molar-refractivity contribution in [3.63, 3.8) is 0 Å². The highest BCUT2D eigenvalue weighted by Crippen LogP contribution is 2.30. The summed E-state index contributed by atoms with van der Waals surface area (Å²) in [5, 5.41) is 14.2. The van der Waals surface area contributed by atoms with Crippen LogP contribution < -0.4 is 21.1 Å². The summed E-state index contributed by atoms with van der Waals surface area (Å²) in [6.07, 6.45) is 2.65. The quantitative estimate of drug-likeness (QED) is 0.343. The van der Waals surface area contributed by atoms with E-state index in [1.165, 1.54) is 18.3 Å². The minimum Gasteiger partial charge on any atom is -0.352 e. The molecule has 10 heteroatoms. The van der Waals surface area contributed by atoms with Gasteiger partial charge in [-0.15, -0.1) is 0 Å². The molecule has 6 N–H and O–H groups in total. The summed E-state index contributed by atoms with van der Waals surface area (Å²) in [6.45, 7) is 0.576. The number of H-pyrrole nitrogens is 1. The fourth-order valence-electron chi connectivity index (χ4n) is 3.14. The van der Waals surface area contributed by atoms with Crippen LogP contribution in [0.1, 0.15) is 22.5 Å². The molecule has 31 heavy (non-hydrogen) atoms. The summed E-state index contributed by atoms with van der Waals surface area (Å²) in [5.74, 6) is -0.425. The van der Waals surface area contributed by atoms with Crippen LogP contribution in [0.15, 0.2) is 53.6 Å². The van der Waals surface area contributed by atoms with Crippen molar-refractivity contribution in [2.75, 3.05) is 18.9 Å². The number of hydrogen-bond acceptors (Lipinski definition) is 4. The van der Waals surface area contributed by atoms with Crippen LogP contribution in [0.25, 0.3) is 16.5 Å². The number of halogens is 1. The zero-order valence-electron chi connectivity index (χ0n) is 16.7. The van der Waals surface area contributed by atoms with E-state index < -0.39 is 22.8 Å². The molecule has 3 aromatic rings. The van der Waals surface area contributed by atoms with Crippen molar-refractivity contribution in [2.45, 2.75) is 11.3 Å². The highest BCUT2D eigenvalue weighted by molar-refractivity contribution is 7.82. The van der Waals surface area contributed by atoms with Crippen LogP contribution in [0.5, 0.6) is 0 Å². The lowest BCUT2D eigenvalue weighted by Crippen LogP contribution is -2.24. The number of benzene rings is 2. The van der Waals surface area contributed by atoms with E-state index in [0.29, 0.717) is 57.6 Å². The molecule has 8 nitrogen and oxygen atoms in total. The number of aldehydes is 1. The number of carbonyl (C=O) groups excluding carboxylic acids is 2. The molecule has 0 saturated carbocycles. The molecule has 3 rings (SSSR count). The fraction of sp³-hybridized carbons (Fsp3) is 0.143. The number of nitrogens with one attached hydrogen (secondary N) is 4. The fourth-order valence-corrected chi connectivity index (χ4v) is 3.54. The van der Waals surface area contributed by atoms with Gasteiger partial charge in [-0.1, -0.05) is 0 Å². The lowest BCUT2D eigenvalue weighted by atomic mass is 10.00. The van der Waals surface area contributed by atoms with Crippen molar-refractivity contribution in [2.24, 2.45) is 5.14 Å². The first kappa shape index (κ1) is 22.3. The molecule has 1 unspecified atom stereocenters. The van der Waals surface area contributed by atoms with Crippen LogP contribution in [0.4, 0.5) is 14.9 Å². The number of urea groups is 1. The standard InChI is InChI=1S/C21H22FN5O3S/c1-24-9-8-13(20-17-10-14(22)2-7-18(17)27-19(20)12-28)11-25-21(29)26-15-3-5-16(6-4-15)31(23)30/h2-7,10-12,24,27H,8-9,23H2,1H3,(H2,25,26,29)/b13-11+. The van der Waals surface area contributed by atoms with Crippen LogP contribution in [0.2, 0.25) is 0 Å². The molecule has 0 fully saturated rings. The van der Waals surface area contributed by atoms with Gasteiger partial charge in [-0.3, -0.25) is 4.79 Å². The number of fused-ring (bicyclic) bond motifs is 1. The first-order valence-corrected chi connectivity index (χ1v) is 10.6. The highest BCUT2D eigenvalue weighted by Gasteiger charge is 2.16. The Morgan fingerprint density at radius 1 is 1.23 bits per heavy atom. The maximum atomic E-state index is 13.8. The van der Waals surface area contributed by atoms with Crippen LogP contribution in [-0.2, 0) is 11.0 Å². The lowest BCUT2D eigenvalue weighted by molar-refractivity contribution is 0.111. The minimum absolute atomic E-state index is 0.301. The predicted octanol–water partition coefficient (Wildman–Crippen LogP) is 2.87. The van der Waals surface area contributed by atoms with Crippen LogP contribution in [0, 0.1) is 5.82 Å². The number of aromatic amines is 1. The molecule has 0 aliphatic rings. The van der Waals surface area contributed by atoms with Crippen molar-refractivity contribution >= 4 is 45.5 Å². The van der Waals surface area contributed by atoms with Crippen molar-refractivity contribution < 1.29 is 18.2 Å². The molecule has 0 saturated heterocycles. The normalized spacial score (nSPS) is 12.5. The Balaban J connectivity index is 1.86. The van der Waals surface area contributed by atoms with Gasteiger partial charge < -0.3 is 20.9 Å². The number of hydrogen-bond donors (Lipinski definition) is 5. The Labute approximate surface area is 180 Å². The van der Waals surface area contributed by atoms with E-state index in [1.807, 2.05) is 0 Å². The van der Waals surface area contributed by atoms with Gasteiger partial charge in [-0.2, -0.15) is 0 Å². The third kappa shape index (κ3) is 5.43. The molecule has 162 valence electrons. The monoisotopic (exact) mass is 443 g/mol. The molecule has 2 aromatic carbocycles. The number of nitrogens with two attached hydrogens (primary N) is 1. The average Bonchev–Trinajstić information content (AvgIpc) is 3.12. The van der Waals surface area contributed by atoms with Crippen LogP contribution >= 0.6 is 0 Å². The summed E-state index contributed by atoms with van der Waals surface area (Å²) in [6, 6.07) is 9.98. The molecule has 0 spiro atoms. The van der Waals surface area contributed by atoms with Gasteiger partial charge in [0.25, 0.3) is 0 Å². The zero-order chi connectivity index (χ0) is 22.4. The van der Waals surface area contributed by atoms with Crippen LogP contribution in [-0.4, -0.2) is 35.1 Å². The maximum absolute atomic E-state index is 13.8. The number of aromatic nitrogens is 1. The first-order valence-electron chi connectivity index (χ1n) is 9.37. The molecular formula is C21H22FN5O3S. The van der Waals surface area contributed by atoms with E-state index in [1.54, 1.807) is 37.4 Å². The van der Waals surface area contributed by atoms with Crippen LogP contribution in [0.3, 0.4) is 0 Å². The largest absolute Gasteiger partial charge is 0.352 e. The summed E-state index contributed by atoms with van der Waals surface area (Å²) in [7, 11) is 0.184. The molecule has 0 aliphatic heterocycles. The molecule has 0 aliphatic carbocycles. The van der Waals surface area contributed by atoms with E-state index in [-0.39, 0.29) is 0 Å². The topological polar surface area (TPSA) is 129 Å². The van der Waals surface area contributed by atoms with Gasteiger partial charge in [0.05, 0.1) is 10.6 Å². The summed E-state index contributed by atoms with van der Waals surface area (Å²) >= 11 is 0. The van der Waals surface area contributed by atoms with E-state index >= 15 is 0 Å². The van der Waals surface area contributed by atoms with Crippen molar-refractivity contribution in [3.8, 4) is 0 Å². The Morgan fingerprint density at radius 3 is 2.61 bits per heavy atom. The van der Waals surface area contributed by atoms with Gasteiger partial charge in [-0.05, 0) is 68.1 Å². The first-order chi connectivity index (χ1) is 14.9. The number of amides is 2. The molecule has 1 heterocycles. The smallest absolute Gasteiger partial charge is 0.323 e. The van der Waals surface area contributed by atoms with E-state index in [0.717, 1.165) is 0 Å².